The van der Waals surface area contributed by atoms with Crippen molar-refractivity contribution in [3.8, 4) is 10.4 Å². The van der Waals surface area contributed by atoms with Crippen LogP contribution in [0.3, 0.4) is 0 Å². The Morgan fingerprint density at radius 3 is 2.50 bits per heavy atom. The average molecular weight is 367 g/mol. The van der Waals surface area contributed by atoms with E-state index in [9.17, 15) is 9.59 Å². The van der Waals surface area contributed by atoms with Crippen molar-refractivity contribution in [2.24, 2.45) is 13.0 Å². The summed E-state index contributed by atoms with van der Waals surface area (Å²) in [6.07, 6.45) is 3.60. The fourth-order valence-corrected chi connectivity index (χ4v) is 3.64. The maximum Gasteiger partial charge on any atom is 0.251 e. The molecule has 3 aromatic rings. The molecule has 0 saturated carbocycles. The third kappa shape index (κ3) is 4.08. The van der Waals surface area contributed by atoms with E-state index < -0.39 is 0 Å². The first-order valence-corrected chi connectivity index (χ1v) is 9.26. The lowest BCUT2D eigenvalue weighted by Gasteiger charge is -2.05. The zero-order valence-corrected chi connectivity index (χ0v) is 15.8. The summed E-state index contributed by atoms with van der Waals surface area (Å²) in [5.41, 5.74) is 2.56. The summed E-state index contributed by atoms with van der Waals surface area (Å²) in [5.74, 6) is 0.0299. The second kappa shape index (κ2) is 7.66. The molecular weight excluding hydrogens is 346 g/mol. The van der Waals surface area contributed by atoms with Gasteiger partial charge in [-0.25, -0.2) is 0 Å². The molecule has 0 spiro atoms. The van der Waals surface area contributed by atoms with Gasteiger partial charge in [-0.1, -0.05) is 26.0 Å². The minimum absolute atomic E-state index is 0.00705. The Hall–Kier alpha value is -2.73. The summed E-state index contributed by atoms with van der Waals surface area (Å²) in [6.45, 7) is 4.25. The summed E-state index contributed by atoms with van der Waals surface area (Å²) < 4.78 is 1.70. The van der Waals surface area contributed by atoms with E-state index in [-0.39, 0.29) is 17.6 Å². The van der Waals surface area contributed by atoms with Gasteiger partial charge in [0.2, 0.25) is 0 Å². The Labute approximate surface area is 156 Å². The smallest absolute Gasteiger partial charge is 0.251 e. The Morgan fingerprint density at radius 1 is 1.15 bits per heavy atom. The summed E-state index contributed by atoms with van der Waals surface area (Å²) in [6, 6.07) is 11.3. The molecule has 0 aliphatic carbocycles. The number of aryl methyl sites for hydroxylation is 1. The summed E-state index contributed by atoms with van der Waals surface area (Å²) >= 11 is 1.49. The highest BCUT2D eigenvalue weighted by atomic mass is 32.1. The molecule has 6 heteroatoms. The summed E-state index contributed by atoms with van der Waals surface area (Å²) in [4.78, 5) is 26.1. The van der Waals surface area contributed by atoms with Gasteiger partial charge in [0.1, 0.15) is 0 Å². The Bertz CT molecular complexity index is 923. The first-order valence-electron chi connectivity index (χ1n) is 8.44. The van der Waals surface area contributed by atoms with Crippen LogP contribution in [-0.2, 0) is 13.6 Å². The number of amides is 1. The minimum Gasteiger partial charge on any atom is -0.348 e. The molecule has 1 N–H and O–H groups in total. The van der Waals surface area contributed by atoms with Gasteiger partial charge in [0.05, 0.1) is 11.1 Å². The zero-order valence-electron chi connectivity index (χ0n) is 15.0. The highest BCUT2D eigenvalue weighted by molar-refractivity contribution is 7.17. The number of aromatic nitrogens is 2. The van der Waals surface area contributed by atoms with Gasteiger partial charge >= 0.3 is 0 Å². The van der Waals surface area contributed by atoms with Gasteiger partial charge in [-0.15, -0.1) is 11.3 Å². The van der Waals surface area contributed by atoms with Gasteiger partial charge in [-0.3, -0.25) is 14.3 Å². The fraction of sp³-hybridized carbons (Fsp3) is 0.250. The van der Waals surface area contributed by atoms with E-state index in [1.165, 1.54) is 11.3 Å². The molecule has 2 aromatic heterocycles. The first kappa shape index (κ1) is 18.1. The molecule has 0 aliphatic rings. The standard InChI is InChI=1S/C20H21N3O2S/c1-13(2)19(24)18-9-8-17(26-18)15-4-6-16(7-5-15)20(25)21-10-14-11-22-23(3)12-14/h4-9,11-13H,10H2,1-3H3,(H,21,25). The number of carbonyl (C=O) groups is 2. The van der Waals surface area contributed by atoms with Crippen LogP contribution in [-0.4, -0.2) is 21.5 Å². The lowest BCUT2D eigenvalue weighted by Crippen LogP contribution is -2.22. The molecule has 2 heterocycles. The monoisotopic (exact) mass is 367 g/mol. The fourth-order valence-electron chi connectivity index (χ4n) is 2.54. The van der Waals surface area contributed by atoms with Crippen molar-refractivity contribution in [2.45, 2.75) is 20.4 Å². The maximum atomic E-state index is 12.3. The van der Waals surface area contributed by atoms with Crippen LogP contribution in [0.1, 0.15) is 39.4 Å². The van der Waals surface area contributed by atoms with Gasteiger partial charge in [-0.05, 0) is 29.8 Å². The largest absolute Gasteiger partial charge is 0.348 e. The van der Waals surface area contributed by atoms with Gasteiger partial charge < -0.3 is 5.32 Å². The van der Waals surface area contributed by atoms with E-state index in [2.05, 4.69) is 10.4 Å². The molecule has 0 unspecified atom stereocenters. The third-order valence-corrected chi connectivity index (χ3v) is 5.17. The van der Waals surface area contributed by atoms with E-state index in [1.807, 2.05) is 51.4 Å². The lowest BCUT2D eigenvalue weighted by atomic mass is 10.1. The molecule has 0 bridgehead atoms. The average Bonchev–Trinajstić information content (AvgIpc) is 3.28. The van der Waals surface area contributed by atoms with Crippen LogP contribution in [0.5, 0.6) is 0 Å². The number of Topliss-reactive ketones (excluding diaryl/α,β-unsaturated/α-hetero) is 1. The molecule has 5 nitrogen and oxygen atoms in total. The van der Waals surface area contributed by atoms with Gasteiger partial charge in [0.25, 0.3) is 5.91 Å². The molecule has 1 aromatic carbocycles. The van der Waals surface area contributed by atoms with Crippen LogP contribution in [0.25, 0.3) is 10.4 Å². The van der Waals surface area contributed by atoms with E-state index in [0.29, 0.717) is 12.1 Å². The number of hydrogen-bond donors (Lipinski definition) is 1. The van der Waals surface area contributed by atoms with Crippen LogP contribution >= 0.6 is 11.3 Å². The number of thiophene rings is 1. The molecular formula is C20H21N3O2S. The van der Waals surface area contributed by atoms with E-state index >= 15 is 0 Å². The van der Waals surface area contributed by atoms with Crippen molar-refractivity contribution >= 4 is 23.0 Å². The van der Waals surface area contributed by atoms with Gasteiger partial charge in [0, 0.05) is 41.7 Å². The molecule has 3 rings (SSSR count). The Morgan fingerprint density at radius 2 is 1.88 bits per heavy atom. The molecule has 0 saturated heterocycles. The van der Waals surface area contributed by atoms with Crippen LogP contribution in [0.2, 0.25) is 0 Å². The van der Waals surface area contributed by atoms with Gasteiger partial charge in [-0.2, -0.15) is 5.10 Å². The molecule has 0 fully saturated rings. The quantitative estimate of drug-likeness (QED) is 0.672. The molecule has 0 aliphatic heterocycles. The van der Waals surface area contributed by atoms with Crippen LogP contribution in [0.4, 0.5) is 0 Å². The molecule has 26 heavy (non-hydrogen) atoms. The van der Waals surface area contributed by atoms with E-state index in [0.717, 1.165) is 20.9 Å². The SMILES string of the molecule is CC(C)C(=O)c1ccc(-c2ccc(C(=O)NCc3cnn(C)c3)cc2)s1. The van der Waals surface area contributed by atoms with Crippen LogP contribution in [0.15, 0.2) is 48.8 Å². The number of hydrogen-bond acceptors (Lipinski definition) is 4. The number of benzene rings is 1. The highest BCUT2D eigenvalue weighted by Gasteiger charge is 2.14. The predicted octanol–water partition coefficient (Wildman–Crippen LogP) is 3.92. The van der Waals surface area contributed by atoms with Crippen molar-refractivity contribution in [2.75, 3.05) is 0 Å². The minimum atomic E-state index is -0.123. The normalized spacial score (nSPS) is 10.9. The highest BCUT2D eigenvalue weighted by Crippen LogP contribution is 2.29. The van der Waals surface area contributed by atoms with Gasteiger partial charge in [0.15, 0.2) is 5.78 Å². The number of nitrogens with zero attached hydrogens (tertiary/aromatic N) is 2. The lowest BCUT2D eigenvalue weighted by molar-refractivity contribution is 0.0938. The van der Waals surface area contributed by atoms with Crippen molar-refractivity contribution in [1.29, 1.82) is 0 Å². The second-order valence-corrected chi connectivity index (χ2v) is 7.55. The number of carbonyl (C=O) groups excluding carboxylic acids is 2. The Balaban J connectivity index is 1.66. The van der Waals surface area contributed by atoms with E-state index in [1.54, 1.807) is 23.0 Å². The number of rotatable bonds is 6. The van der Waals surface area contributed by atoms with Crippen molar-refractivity contribution in [3.05, 3.63) is 64.8 Å². The van der Waals surface area contributed by atoms with Crippen LogP contribution < -0.4 is 5.32 Å². The molecule has 134 valence electrons. The number of nitrogens with one attached hydrogen (secondary N) is 1. The molecule has 0 radical (unpaired) electrons. The van der Waals surface area contributed by atoms with Crippen molar-refractivity contribution in [1.82, 2.24) is 15.1 Å². The zero-order chi connectivity index (χ0) is 18.7. The molecule has 1 amide bonds. The maximum absolute atomic E-state index is 12.3. The second-order valence-electron chi connectivity index (χ2n) is 6.47. The summed E-state index contributed by atoms with van der Waals surface area (Å²) in [7, 11) is 1.84. The third-order valence-electron chi connectivity index (χ3n) is 4.02. The van der Waals surface area contributed by atoms with E-state index in [4.69, 9.17) is 0 Å². The Kier molecular flexibility index (Phi) is 5.32. The first-order chi connectivity index (χ1) is 12.4. The van der Waals surface area contributed by atoms with Crippen molar-refractivity contribution < 1.29 is 9.59 Å². The summed E-state index contributed by atoms with van der Waals surface area (Å²) in [5, 5.41) is 6.97. The number of ketones is 1. The van der Waals surface area contributed by atoms with Crippen molar-refractivity contribution in [3.63, 3.8) is 0 Å². The van der Waals surface area contributed by atoms with Crippen LogP contribution in [0, 0.1) is 5.92 Å². The predicted molar refractivity (Wildman–Crippen MR) is 103 cm³/mol. The molecule has 0 atom stereocenters. The topological polar surface area (TPSA) is 64.0 Å².